The number of hydrogen-bond donors (Lipinski definition) is 0. The van der Waals surface area contributed by atoms with E-state index in [1.807, 2.05) is 19.1 Å². The summed E-state index contributed by atoms with van der Waals surface area (Å²) in [5.41, 5.74) is 4.66. The van der Waals surface area contributed by atoms with Crippen LogP contribution in [-0.4, -0.2) is 6.61 Å². The van der Waals surface area contributed by atoms with Gasteiger partial charge in [0.15, 0.2) is 0 Å². The van der Waals surface area contributed by atoms with Crippen molar-refractivity contribution in [1.29, 1.82) is 0 Å². The number of fused-ring (bicyclic) bond motifs is 2. The van der Waals surface area contributed by atoms with E-state index in [1.54, 1.807) is 0 Å². The van der Waals surface area contributed by atoms with Gasteiger partial charge in [0.05, 0.1) is 6.10 Å². The fourth-order valence-corrected chi connectivity index (χ4v) is 2.51. The van der Waals surface area contributed by atoms with Crippen molar-refractivity contribution in [2.75, 3.05) is 6.61 Å². The molecule has 0 aromatic heterocycles. The van der Waals surface area contributed by atoms with Crippen LogP contribution >= 0.6 is 0 Å². The van der Waals surface area contributed by atoms with E-state index in [9.17, 15) is 0 Å². The SMILES string of the molecule is CCOC1Cc2ccccc2C#Cc2ccccc21. The largest absolute Gasteiger partial charge is 0.373 e. The van der Waals surface area contributed by atoms with E-state index in [4.69, 9.17) is 4.74 Å². The molecule has 0 radical (unpaired) electrons. The molecule has 2 aromatic rings. The lowest BCUT2D eigenvalue weighted by Crippen LogP contribution is -2.11. The molecule has 0 bridgehead atoms. The highest BCUT2D eigenvalue weighted by molar-refractivity contribution is 5.52. The first-order valence-corrected chi connectivity index (χ1v) is 6.69. The van der Waals surface area contributed by atoms with Crippen molar-refractivity contribution < 1.29 is 4.74 Å². The van der Waals surface area contributed by atoms with Gasteiger partial charge in [0.25, 0.3) is 0 Å². The Morgan fingerprint density at radius 2 is 1.68 bits per heavy atom. The summed E-state index contributed by atoms with van der Waals surface area (Å²) in [4.78, 5) is 0. The van der Waals surface area contributed by atoms with Crippen molar-refractivity contribution in [1.82, 2.24) is 0 Å². The number of ether oxygens (including phenoxy) is 1. The smallest absolute Gasteiger partial charge is 0.0877 e. The molecule has 94 valence electrons. The van der Waals surface area contributed by atoms with Gasteiger partial charge in [-0.25, -0.2) is 0 Å². The second-order valence-corrected chi connectivity index (χ2v) is 4.64. The van der Waals surface area contributed by atoms with Gasteiger partial charge in [-0.15, -0.1) is 0 Å². The van der Waals surface area contributed by atoms with Crippen molar-refractivity contribution in [2.24, 2.45) is 0 Å². The van der Waals surface area contributed by atoms with Crippen LogP contribution < -0.4 is 0 Å². The van der Waals surface area contributed by atoms with E-state index in [2.05, 4.69) is 48.2 Å². The molecule has 1 aliphatic carbocycles. The van der Waals surface area contributed by atoms with Crippen molar-refractivity contribution in [3.63, 3.8) is 0 Å². The summed E-state index contributed by atoms with van der Waals surface area (Å²) >= 11 is 0. The molecular formula is C18H16O. The van der Waals surface area contributed by atoms with E-state index in [1.165, 1.54) is 11.1 Å². The van der Waals surface area contributed by atoms with Crippen LogP contribution in [0.4, 0.5) is 0 Å². The van der Waals surface area contributed by atoms with E-state index in [0.29, 0.717) is 6.61 Å². The van der Waals surface area contributed by atoms with Gasteiger partial charge in [-0.1, -0.05) is 48.2 Å². The van der Waals surface area contributed by atoms with Crippen molar-refractivity contribution in [3.05, 3.63) is 70.8 Å². The third-order valence-electron chi connectivity index (χ3n) is 3.43. The molecule has 0 amide bonds. The highest BCUT2D eigenvalue weighted by Gasteiger charge is 2.18. The first-order valence-electron chi connectivity index (χ1n) is 6.69. The average molecular weight is 248 g/mol. The van der Waals surface area contributed by atoms with Crippen molar-refractivity contribution in [3.8, 4) is 11.8 Å². The molecule has 1 unspecified atom stereocenters. The van der Waals surface area contributed by atoms with Crippen LogP contribution in [0, 0.1) is 11.8 Å². The molecule has 0 aliphatic heterocycles. The Labute approximate surface area is 114 Å². The molecule has 0 heterocycles. The van der Waals surface area contributed by atoms with Crippen LogP contribution in [0.3, 0.4) is 0 Å². The van der Waals surface area contributed by atoms with Crippen molar-refractivity contribution in [2.45, 2.75) is 19.4 Å². The van der Waals surface area contributed by atoms with E-state index < -0.39 is 0 Å². The van der Waals surface area contributed by atoms with Crippen molar-refractivity contribution >= 4 is 0 Å². The minimum atomic E-state index is 0.0944. The van der Waals surface area contributed by atoms with E-state index in [-0.39, 0.29) is 6.10 Å². The first kappa shape index (κ1) is 12.0. The standard InChI is InChI=1S/C18H16O/c1-2-19-18-13-16-9-4-3-7-14(16)11-12-15-8-5-6-10-17(15)18/h3-10,18H,2,13H2,1H3. The summed E-state index contributed by atoms with van der Waals surface area (Å²) in [6, 6.07) is 16.6. The third-order valence-corrected chi connectivity index (χ3v) is 3.43. The Kier molecular flexibility index (Phi) is 3.35. The summed E-state index contributed by atoms with van der Waals surface area (Å²) in [6.45, 7) is 2.76. The Balaban J connectivity index is 2.14. The minimum Gasteiger partial charge on any atom is -0.373 e. The molecule has 0 saturated carbocycles. The predicted molar refractivity (Wildman–Crippen MR) is 76.9 cm³/mol. The maximum atomic E-state index is 5.93. The Hall–Kier alpha value is -2.04. The highest BCUT2D eigenvalue weighted by atomic mass is 16.5. The van der Waals surface area contributed by atoms with Crippen LogP contribution in [0.25, 0.3) is 0 Å². The number of hydrogen-bond acceptors (Lipinski definition) is 1. The zero-order valence-corrected chi connectivity index (χ0v) is 11.0. The van der Waals surface area contributed by atoms with Gasteiger partial charge in [0.2, 0.25) is 0 Å². The number of rotatable bonds is 2. The molecule has 1 aliphatic rings. The highest BCUT2D eigenvalue weighted by Crippen LogP contribution is 2.28. The van der Waals surface area contributed by atoms with Gasteiger partial charge in [-0.2, -0.15) is 0 Å². The quantitative estimate of drug-likeness (QED) is 0.736. The molecule has 0 saturated heterocycles. The molecule has 3 rings (SSSR count). The average Bonchev–Trinajstić information content (AvgIpc) is 2.44. The molecule has 0 N–H and O–H groups in total. The van der Waals surface area contributed by atoms with Gasteiger partial charge in [-0.3, -0.25) is 0 Å². The summed E-state index contributed by atoms with van der Waals surface area (Å²) < 4.78 is 5.93. The summed E-state index contributed by atoms with van der Waals surface area (Å²) in [5, 5.41) is 0. The van der Waals surface area contributed by atoms with E-state index in [0.717, 1.165) is 17.5 Å². The van der Waals surface area contributed by atoms with Crippen LogP contribution in [0.5, 0.6) is 0 Å². The molecule has 1 nitrogen and oxygen atoms in total. The second kappa shape index (κ2) is 5.30. The van der Waals surface area contributed by atoms with Gasteiger partial charge >= 0.3 is 0 Å². The number of benzene rings is 2. The van der Waals surface area contributed by atoms with Gasteiger partial charge < -0.3 is 4.74 Å². The van der Waals surface area contributed by atoms with Gasteiger partial charge in [0.1, 0.15) is 0 Å². The molecule has 19 heavy (non-hydrogen) atoms. The lowest BCUT2D eigenvalue weighted by Gasteiger charge is -2.21. The molecule has 0 fully saturated rings. The summed E-state index contributed by atoms with van der Waals surface area (Å²) in [5.74, 6) is 6.56. The normalized spacial score (nSPS) is 16.4. The van der Waals surface area contributed by atoms with Crippen LogP contribution in [0.1, 0.15) is 35.3 Å². The predicted octanol–water partition coefficient (Wildman–Crippen LogP) is 3.72. The minimum absolute atomic E-state index is 0.0944. The van der Waals surface area contributed by atoms with Crippen LogP contribution in [0.2, 0.25) is 0 Å². The second-order valence-electron chi connectivity index (χ2n) is 4.64. The summed E-state index contributed by atoms with van der Waals surface area (Å²) in [6.07, 6.45) is 0.979. The van der Waals surface area contributed by atoms with E-state index >= 15 is 0 Å². The Morgan fingerprint density at radius 3 is 2.53 bits per heavy atom. The zero-order chi connectivity index (χ0) is 13.1. The fraction of sp³-hybridized carbons (Fsp3) is 0.222. The molecule has 2 aromatic carbocycles. The molecule has 0 spiro atoms. The van der Waals surface area contributed by atoms with Gasteiger partial charge in [-0.05, 0) is 30.2 Å². The Bertz CT molecular complexity index is 646. The molecule has 1 atom stereocenters. The molecule has 1 heteroatoms. The Morgan fingerprint density at radius 1 is 1.00 bits per heavy atom. The monoisotopic (exact) mass is 248 g/mol. The van der Waals surface area contributed by atoms with Crippen LogP contribution in [0.15, 0.2) is 48.5 Å². The van der Waals surface area contributed by atoms with Crippen LogP contribution in [-0.2, 0) is 11.2 Å². The topological polar surface area (TPSA) is 9.23 Å². The first-order chi connectivity index (χ1) is 9.38. The fourth-order valence-electron chi connectivity index (χ4n) is 2.51. The third kappa shape index (κ3) is 2.41. The summed E-state index contributed by atoms with van der Waals surface area (Å²) in [7, 11) is 0. The zero-order valence-electron chi connectivity index (χ0n) is 11.0. The maximum absolute atomic E-state index is 5.93. The lowest BCUT2D eigenvalue weighted by atomic mass is 9.92. The lowest BCUT2D eigenvalue weighted by molar-refractivity contribution is 0.0625. The maximum Gasteiger partial charge on any atom is 0.0877 e. The molecular weight excluding hydrogens is 232 g/mol. The van der Waals surface area contributed by atoms with Gasteiger partial charge in [0, 0.05) is 24.2 Å².